The fraction of sp³-hybridized carbons (Fsp3) is 0.800. The number of aliphatic hydroxyl groups excluding tert-OH is 1. The molecule has 4 aliphatic carbocycles. The summed E-state index contributed by atoms with van der Waals surface area (Å²) < 4.78 is 17.0. The van der Waals surface area contributed by atoms with Crippen LogP contribution in [0.5, 0.6) is 0 Å². The van der Waals surface area contributed by atoms with E-state index in [-0.39, 0.29) is 11.9 Å². The summed E-state index contributed by atoms with van der Waals surface area (Å²) in [6.45, 7) is 2.20. The van der Waals surface area contributed by atoms with Gasteiger partial charge in [0, 0.05) is 11.8 Å². The Labute approximate surface area is 156 Å². The monoisotopic (exact) mass is 376 g/mol. The van der Waals surface area contributed by atoms with Gasteiger partial charge in [0.15, 0.2) is 0 Å². The molecule has 6 rings (SSSR count). The molecule has 2 saturated heterocycles. The predicted molar refractivity (Wildman–Crippen MR) is 89.1 cm³/mol. The summed E-state index contributed by atoms with van der Waals surface area (Å²) in [7, 11) is 1.36. The van der Waals surface area contributed by atoms with Crippen LogP contribution in [0, 0.1) is 28.6 Å². The Morgan fingerprint density at radius 2 is 2.11 bits per heavy atom. The molecule has 6 aliphatic rings. The summed E-state index contributed by atoms with van der Waals surface area (Å²) in [6.07, 6.45) is 4.67. The summed E-state index contributed by atoms with van der Waals surface area (Å²) >= 11 is 0. The molecule has 4 bridgehead atoms. The number of fused-ring (bicyclic) bond motifs is 2. The van der Waals surface area contributed by atoms with Gasteiger partial charge in [0.2, 0.25) is 0 Å². The second-order valence-corrected chi connectivity index (χ2v) is 9.80. The zero-order valence-electron chi connectivity index (χ0n) is 15.4. The average molecular weight is 376 g/mol. The number of epoxide rings is 1. The quantitative estimate of drug-likeness (QED) is 0.386. The van der Waals surface area contributed by atoms with E-state index in [0.29, 0.717) is 32.3 Å². The van der Waals surface area contributed by atoms with E-state index in [0.717, 1.165) is 0 Å². The number of hydrogen-bond acceptors (Lipinski definition) is 7. The van der Waals surface area contributed by atoms with Crippen molar-refractivity contribution in [2.24, 2.45) is 28.6 Å². The van der Waals surface area contributed by atoms with Crippen molar-refractivity contribution in [1.29, 1.82) is 0 Å². The maximum absolute atomic E-state index is 13.1. The third-order valence-corrected chi connectivity index (χ3v) is 9.07. The number of carbonyl (C=O) groups is 2. The first-order valence-electron chi connectivity index (χ1n) is 9.74. The van der Waals surface area contributed by atoms with Crippen LogP contribution in [0.25, 0.3) is 0 Å². The minimum Gasteiger partial charge on any atom is -0.469 e. The van der Waals surface area contributed by atoms with Crippen LogP contribution in [-0.4, -0.2) is 58.8 Å². The van der Waals surface area contributed by atoms with Crippen molar-refractivity contribution in [2.45, 2.75) is 55.5 Å². The molecule has 0 aromatic rings. The molecule has 0 amide bonds. The summed E-state index contributed by atoms with van der Waals surface area (Å²) in [5, 5.41) is 22.0. The molecule has 9 atom stereocenters. The third kappa shape index (κ3) is 1.43. The number of ether oxygens (including phenoxy) is 3. The predicted octanol–water partition coefficient (Wildman–Crippen LogP) is 0.328. The van der Waals surface area contributed by atoms with E-state index >= 15 is 0 Å². The highest BCUT2D eigenvalue weighted by molar-refractivity contribution is 5.87. The molecule has 2 spiro atoms. The molecule has 0 aromatic heterocycles. The highest BCUT2D eigenvalue weighted by Crippen LogP contribution is 2.79. The molecule has 2 N–H and O–H groups in total. The van der Waals surface area contributed by atoms with Crippen LogP contribution >= 0.6 is 0 Å². The van der Waals surface area contributed by atoms with Crippen LogP contribution in [0.1, 0.15) is 32.6 Å². The van der Waals surface area contributed by atoms with E-state index in [1.54, 1.807) is 13.0 Å². The highest BCUT2D eigenvalue weighted by Gasteiger charge is 2.87. The largest absolute Gasteiger partial charge is 0.469 e. The van der Waals surface area contributed by atoms with Gasteiger partial charge in [-0.05, 0) is 44.1 Å². The van der Waals surface area contributed by atoms with Crippen LogP contribution in [0.15, 0.2) is 12.2 Å². The smallest absolute Gasteiger partial charge is 0.316 e. The molecular weight excluding hydrogens is 352 g/mol. The minimum absolute atomic E-state index is 0.0996. The second kappa shape index (κ2) is 4.26. The van der Waals surface area contributed by atoms with Crippen molar-refractivity contribution in [3.63, 3.8) is 0 Å². The second-order valence-electron chi connectivity index (χ2n) is 9.80. The summed E-state index contributed by atoms with van der Waals surface area (Å²) in [6, 6.07) is 0. The number of esters is 2. The van der Waals surface area contributed by atoms with Gasteiger partial charge in [-0.3, -0.25) is 9.59 Å². The summed E-state index contributed by atoms with van der Waals surface area (Å²) in [5.41, 5.74) is -4.22. The maximum Gasteiger partial charge on any atom is 0.316 e. The van der Waals surface area contributed by atoms with Crippen molar-refractivity contribution in [3.8, 4) is 0 Å². The Hall–Kier alpha value is -1.44. The standard InChI is InChI=1S/C20H24O7/c1-16-11(21)4-6-20(27-15(16)23)10-3-5-18(24)7-17(10,8-19(18)9-26-19)12(13(16)20)14(22)25-2/h4,6,10-13,21,24H,3,5,7-9H2,1-2H3/t10-,11+,12-,13-,16-,17-,18+,19-,20-/m1/s1. The Morgan fingerprint density at radius 3 is 2.78 bits per heavy atom. The zero-order valence-corrected chi connectivity index (χ0v) is 15.4. The average Bonchev–Trinajstić information content (AvgIpc) is 3.28. The fourth-order valence-electron chi connectivity index (χ4n) is 7.92. The summed E-state index contributed by atoms with van der Waals surface area (Å²) in [4.78, 5) is 26.0. The van der Waals surface area contributed by atoms with Gasteiger partial charge in [-0.2, -0.15) is 0 Å². The van der Waals surface area contributed by atoms with Crippen molar-refractivity contribution < 1.29 is 34.0 Å². The normalized spacial score (nSPS) is 61.6. The van der Waals surface area contributed by atoms with Gasteiger partial charge in [-0.15, -0.1) is 0 Å². The van der Waals surface area contributed by atoms with Crippen molar-refractivity contribution in [3.05, 3.63) is 12.2 Å². The molecule has 0 unspecified atom stereocenters. The molecule has 5 fully saturated rings. The number of rotatable bonds is 1. The van der Waals surface area contributed by atoms with Crippen molar-refractivity contribution in [1.82, 2.24) is 0 Å². The zero-order chi connectivity index (χ0) is 19.0. The van der Waals surface area contributed by atoms with Crippen LogP contribution < -0.4 is 0 Å². The van der Waals surface area contributed by atoms with Gasteiger partial charge in [0.25, 0.3) is 0 Å². The SMILES string of the molecule is COC(=O)[C@H]1[C@H]2[C@@]3(C=C[C@H](O)[C@@]2(C)C(=O)O3)[C@@H]2CC[C@]3(O)C[C@@]21C[C@@]31CO1. The van der Waals surface area contributed by atoms with Crippen LogP contribution in [0.4, 0.5) is 0 Å². The van der Waals surface area contributed by atoms with Gasteiger partial charge >= 0.3 is 11.9 Å². The summed E-state index contributed by atoms with van der Waals surface area (Å²) in [5.74, 6) is -2.08. The molecule has 146 valence electrons. The number of carbonyl (C=O) groups excluding carboxylic acids is 2. The van der Waals surface area contributed by atoms with Gasteiger partial charge in [0.05, 0.1) is 31.3 Å². The Kier molecular flexibility index (Phi) is 2.61. The molecule has 2 heterocycles. The number of methoxy groups -OCH3 is 1. The van der Waals surface area contributed by atoms with Crippen LogP contribution in [0.3, 0.4) is 0 Å². The van der Waals surface area contributed by atoms with Crippen molar-refractivity contribution in [2.75, 3.05) is 13.7 Å². The van der Waals surface area contributed by atoms with Gasteiger partial charge in [0.1, 0.15) is 16.6 Å². The molecule has 7 nitrogen and oxygen atoms in total. The van der Waals surface area contributed by atoms with Gasteiger partial charge < -0.3 is 24.4 Å². The first kappa shape index (κ1) is 16.5. The Morgan fingerprint density at radius 1 is 1.37 bits per heavy atom. The van der Waals surface area contributed by atoms with Gasteiger partial charge in [-0.25, -0.2) is 0 Å². The fourth-order valence-corrected chi connectivity index (χ4v) is 7.92. The lowest BCUT2D eigenvalue weighted by Crippen LogP contribution is -2.51. The first-order chi connectivity index (χ1) is 12.7. The topological polar surface area (TPSA) is 106 Å². The third-order valence-electron chi connectivity index (χ3n) is 9.07. The maximum atomic E-state index is 13.1. The lowest BCUT2D eigenvalue weighted by molar-refractivity contribution is -0.164. The molecule has 7 heteroatoms. The number of aliphatic hydroxyl groups is 2. The van der Waals surface area contributed by atoms with Crippen LogP contribution in [0.2, 0.25) is 0 Å². The van der Waals surface area contributed by atoms with E-state index in [1.165, 1.54) is 7.11 Å². The van der Waals surface area contributed by atoms with Crippen molar-refractivity contribution >= 4 is 11.9 Å². The first-order valence-corrected chi connectivity index (χ1v) is 9.74. The van der Waals surface area contributed by atoms with E-state index in [2.05, 4.69) is 0 Å². The highest BCUT2D eigenvalue weighted by atomic mass is 16.6. The molecule has 3 saturated carbocycles. The Bertz CT molecular complexity index is 813. The Balaban J connectivity index is 1.61. The van der Waals surface area contributed by atoms with Gasteiger partial charge in [-0.1, -0.05) is 6.08 Å². The number of hydrogen-bond donors (Lipinski definition) is 2. The van der Waals surface area contributed by atoms with E-state index < -0.39 is 51.5 Å². The molecule has 27 heavy (non-hydrogen) atoms. The molecule has 0 radical (unpaired) electrons. The molecule has 2 aliphatic heterocycles. The van der Waals surface area contributed by atoms with E-state index in [4.69, 9.17) is 14.2 Å². The lowest BCUT2D eigenvalue weighted by Gasteiger charge is -2.44. The lowest BCUT2D eigenvalue weighted by atomic mass is 9.61. The minimum atomic E-state index is -1.20. The van der Waals surface area contributed by atoms with E-state index in [9.17, 15) is 19.8 Å². The van der Waals surface area contributed by atoms with Crippen LogP contribution in [-0.2, 0) is 23.8 Å². The molecule has 0 aromatic carbocycles. The van der Waals surface area contributed by atoms with E-state index in [1.807, 2.05) is 6.08 Å². The molecular formula is C20H24O7.